The number of phosphoric ester groups is 2. The molecule has 0 aromatic heterocycles. The molecule has 0 aliphatic carbocycles. The number of hydrogen-bond donors (Lipinski definition) is 4. The van der Waals surface area contributed by atoms with Crippen LogP contribution in [-0.4, -0.2) is 95.9 Å². The summed E-state index contributed by atoms with van der Waals surface area (Å²) in [5, 5.41) is 20.4. The molecule has 0 amide bonds. The van der Waals surface area contributed by atoms with Crippen molar-refractivity contribution in [2.75, 3.05) is 39.6 Å². The topological polar surface area (TPSA) is 231 Å². The molecule has 0 saturated carbocycles. The first kappa shape index (κ1) is 72.5. The highest BCUT2D eigenvalue weighted by Crippen LogP contribution is 2.45. The van der Waals surface area contributed by atoms with Crippen molar-refractivity contribution in [3.05, 3.63) is 48.6 Å². The summed E-state index contributed by atoms with van der Waals surface area (Å²) in [6.45, 7) is 2.51. The van der Waals surface area contributed by atoms with Crippen LogP contribution in [0.1, 0.15) is 239 Å². The maximum atomic E-state index is 12.8. The van der Waals surface area contributed by atoms with Crippen LogP contribution in [0.15, 0.2) is 48.6 Å². The van der Waals surface area contributed by atoms with Crippen molar-refractivity contribution in [1.82, 2.24) is 0 Å². The lowest BCUT2D eigenvalue weighted by Crippen LogP contribution is -2.30. The third-order valence-electron chi connectivity index (χ3n) is 12.0. The summed E-state index contributed by atoms with van der Waals surface area (Å²) in [6.07, 6.45) is 46.2. The Balaban J connectivity index is 4.73. The monoisotopic (exact) mass is 1110 g/mol. The van der Waals surface area contributed by atoms with E-state index in [2.05, 4.69) is 69.4 Å². The summed E-state index contributed by atoms with van der Waals surface area (Å²) >= 11 is 0. The molecule has 0 fully saturated rings. The number of rotatable bonds is 55. The second kappa shape index (κ2) is 52.2. The number of unbranched alkanes of at least 4 members (excludes halogenated alkanes) is 24. The van der Waals surface area contributed by atoms with Crippen molar-refractivity contribution < 1.29 is 75.8 Å². The molecule has 0 spiro atoms. The zero-order valence-corrected chi connectivity index (χ0v) is 48.5. The summed E-state index contributed by atoms with van der Waals surface area (Å²) in [6, 6.07) is 0. The van der Waals surface area contributed by atoms with Gasteiger partial charge in [0, 0.05) is 19.3 Å². The number of allylic oxidation sites excluding steroid dienone is 8. The van der Waals surface area contributed by atoms with E-state index in [-0.39, 0.29) is 19.3 Å². The van der Waals surface area contributed by atoms with E-state index in [1.807, 2.05) is 0 Å². The van der Waals surface area contributed by atoms with E-state index < -0.39 is 91.5 Å². The predicted octanol–water partition coefficient (Wildman–Crippen LogP) is 14.5. The fourth-order valence-electron chi connectivity index (χ4n) is 7.48. The van der Waals surface area contributed by atoms with Crippen molar-refractivity contribution in [2.45, 2.75) is 257 Å². The first-order valence-corrected chi connectivity index (χ1v) is 31.9. The number of aliphatic hydroxyl groups is 2. The zero-order chi connectivity index (χ0) is 55.4. The van der Waals surface area contributed by atoms with Crippen LogP contribution in [0.2, 0.25) is 0 Å². The molecule has 5 unspecified atom stereocenters. The van der Waals surface area contributed by atoms with E-state index in [1.54, 1.807) is 0 Å². The summed E-state index contributed by atoms with van der Waals surface area (Å²) in [5.74, 6) is -1.60. The van der Waals surface area contributed by atoms with Gasteiger partial charge in [-0.3, -0.25) is 32.5 Å². The van der Waals surface area contributed by atoms with Crippen molar-refractivity contribution in [3.63, 3.8) is 0 Å². The normalized spacial score (nSPS) is 14.9. The first-order valence-electron chi connectivity index (χ1n) is 28.9. The Bertz CT molecular complexity index is 1590. The second-order valence-corrected chi connectivity index (χ2v) is 22.3. The highest BCUT2D eigenvalue weighted by molar-refractivity contribution is 7.47. The van der Waals surface area contributed by atoms with E-state index in [0.717, 1.165) is 128 Å². The van der Waals surface area contributed by atoms with E-state index in [0.29, 0.717) is 19.3 Å². The zero-order valence-electron chi connectivity index (χ0n) is 46.7. The molecular weight excluding hydrogens is 1000 g/mol. The fraction of sp³-hybridized carbons (Fsp3) is 0.807. The average Bonchev–Trinajstić information content (AvgIpc) is 3.38. The van der Waals surface area contributed by atoms with Crippen LogP contribution in [0.25, 0.3) is 0 Å². The molecule has 0 aliphatic rings. The Morgan fingerprint density at radius 1 is 0.373 bits per heavy atom. The molecular formula is C57H104O16P2. The van der Waals surface area contributed by atoms with Gasteiger partial charge in [-0.1, -0.05) is 172 Å². The van der Waals surface area contributed by atoms with Crippen LogP contribution in [0.3, 0.4) is 0 Å². The van der Waals surface area contributed by atoms with Gasteiger partial charge in [0.15, 0.2) is 6.10 Å². The van der Waals surface area contributed by atoms with Crippen LogP contribution in [-0.2, 0) is 55.8 Å². The van der Waals surface area contributed by atoms with Gasteiger partial charge in [-0.2, -0.15) is 0 Å². The van der Waals surface area contributed by atoms with Crippen LogP contribution >= 0.6 is 15.6 Å². The number of aliphatic hydroxyl groups excluding tert-OH is 2. The largest absolute Gasteiger partial charge is 0.472 e. The Kier molecular flexibility index (Phi) is 50.5. The van der Waals surface area contributed by atoms with Gasteiger partial charge in [-0.05, 0) is 96.3 Å². The van der Waals surface area contributed by atoms with Gasteiger partial charge in [0.05, 0.1) is 26.4 Å². The van der Waals surface area contributed by atoms with Gasteiger partial charge in [-0.25, -0.2) is 9.13 Å². The van der Waals surface area contributed by atoms with E-state index in [1.165, 1.54) is 51.4 Å². The van der Waals surface area contributed by atoms with Crippen LogP contribution in [0.5, 0.6) is 0 Å². The maximum absolute atomic E-state index is 12.8. The number of phosphoric acid groups is 2. The molecule has 0 rings (SSSR count). The molecule has 0 radical (unpaired) electrons. The Hall–Kier alpha value is -2.49. The fourth-order valence-corrected chi connectivity index (χ4v) is 9.06. The number of carbonyl (C=O) groups is 3. The smallest absolute Gasteiger partial charge is 0.463 e. The molecule has 5 atom stereocenters. The molecule has 0 bridgehead atoms. The molecule has 0 heterocycles. The molecule has 0 aromatic rings. The maximum Gasteiger partial charge on any atom is 0.472 e. The lowest BCUT2D eigenvalue weighted by atomic mass is 10.1. The van der Waals surface area contributed by atoms with Gasteiger partial charge in [0.1, 0.15) is 25.4 Å². The number of ether oxygens (including phenoxy) is 3. The van der Waals surface area contributed by atoms with Gasteiger partial charge < -0.3 is 34.2 Å². The first-order chi connectivity index (χ1) is 36.2. The minimum absolute atomic E-state index is 0.0956. The predicted molar refractivity (Wildman–Crippen MR) is 298 cm³/mol. The Labute approximate surface area is 453 Å². The summed E-state index contributed by atoms with van der Waals surface area (Å²) < 4.78 is 60.5. The lowest BCUT2D eigenvalue weighted by Gasteiger charge is -2.21. The molecule has 0 aromatic carbocycles. The Morgan fingerprint density at radius 3 is 1.11 bits per heavy atom. The summed E-state index contributed by atoms with van der Waals surface area (Å²) in [5.41, 5.74) is 0. The van der Waals surface area contributed by atoms with Crippen molar-refractivity contribution >= 4 is 33.6 Å². The third kappa shape index (κ3) is 53.3. The molecule has 75 heavy (non-hydrogen) atoms. The van der Waals surface area contributed by atoms with E-state index in [9.17, 15) is 43.5 Å². The number of esters is 3. The Morgan fingerprint density at radius 2 is 0.693 bits per heavy atom. The molecule has 0 saturated heterocycles. The summed E-state index contributed by atoms with van der Waals surface area (Å²) in [7, 11) is -9.75. The molecule has 18 heteroatoms. The van der Waals surface area contributed by atoms with Crippen LogP contribution in [0.4, 0.5) is 0 Å². The average molecular weight is 1110 g/mol. The van der Waals surface area contributed by atoms with Crippen molar-refractivity contribution in [1.29, 1.82) is 0 Å². The highest BCUT2D eigenvalue weighted by atomic mass is 31.2. The van der Waals surface area contributed by atoms with Crippen molar-refractivity contribution in [3.8, 4) is 0 Å². The van der Waals surface area contributed by atoms with E-state index >= 15 is 0 Å². The van der Waals surface area contributed by atoms with Gasteiger partial charge in [0.25, 0.3) is 0 Å². The van der Waals surface area contributed by atoms with Crippen molar-refractivity contribution in [2.24, 2.45) is 0 Å². The molecule has 16 nitrogen and oxygen atoms in total. The van der Waals surface area contributed by atoms with Crippen LogP contribution in [0, 0.1) is 0 Å². The van der Waals surface area contributed by atoms with Gasteiger partial charge in [0.2, 0.25) is 0 Å². The van der Waals surface area contributed by atoms with Gasteiger partial charge in [-0.15, -0.1) is 0 Å². The SMILES string of the molecule is CCC/C=C\C/C=C\CCCCCCCC(=O)OCC(O)COP(=O)(O)OCC(O)COP(=O)(O)OCC(COC(=O)CCCCCCC/C=C\CCCCCC)OC(=O)CCCCCCC/C=C\CCCCCC. The number of hydrogen-bond acceptors (Lipinski definition) is 14. The molecule has 0 aliphatic heterocycles. The van der Waals surface area contributed by atoms with E-state index in [4.69, 9.17) is 32.3 Å². The summed E-state index contributed by atoms with van der Waals surface area (Å²) in [4.78, 5) is 57.9. The van der Waals surface area contributed by atoms with Crippen LogP contribution < -0.4 is 0 Å². The minimum Gasteiger partial charge on any atom is -0.463 e. The lowest BCUT2D eigenvalue weighted by molar-refractivity contribution is -0.161. The number of carbonyl (C=O) groups excluding carboxylic acids is 3. The highest BCUT2D eigenvalue weighted by Gasteiger charge is 2.29. The third-order valence-corrected chi connectivity index (χ3v) is 13.9. The molecule has 438 valence electrons. The quantitative estimate of drug-likeness (QED) is 0.0146. The minimum atomic E-state index is -4.91. The molecule has 4 N–H and O–H groups in total. The standard InChI is InChI=1S/C57H104O16P2/c1-4-7-10-13-16-19-22-25-28-31-34-37-40-43-55(60)67-46-52(58)47-69-74(63,64)70-48-53(59)49-71-75(65,66)72-51-54(73-57(62)45-42-39-36-33-30-27-24-21-18-15-12-9-6-3)50-68-56(61)44-41-38-35-32-29-26-23-20-17-14-11-8-5-2/h10,13,19-24,52-54,58-59H,4-9,11-12,14-18,25-51H2,1-3H3,(H,63,64)(H,65,66)/b13-10-,22-19-,23-20-,24-21-. The van der Waals surface area contributed by atoms with Gasteiger partial charge >= 0.3 is 33.6 Å². The second-order valence-electron chi connectivity index (χ2n) is 19.4.